The Kier molecular flexibility index (Phi) is 4.33. The molecule has 5 heteroatoms. The molecule has 3 aromatic rings. The Morgan fingerprint density at radius 3 is 2.75 bits per heavy atom. The van der Waals surface area contributed by atoms with E-state index in [0.717, 1.165) is 5.39 Å². The summed E-state index contributed by atoms with van der Waals surface area (Å²) in [5, 5.41) is 11.8. The lowest BCUT2D eigenvalue weighted by atomic mass is 10.1. The van der Waals surface area contributed by atoms with E-state index < -0.39 is 12.1 Å². The third-order valence-corrected chi connectivity index (χ3v) is 3.88. The zero-order chi connectivity index (χ0) is 17.1. The standard InChI is InChI=1S/C19H17NO4/c1-12(14-9-10-20-11-17(14)23-2)24-19(22)16-8-7-13-5-3-4-6-15(13)18(16)21/h3-12,21H,1-2H3/t12-/m1/s1. The second-order valence-corrected chi connectivity index (χ2v) is 5.35. The van der Waals surface area contributed by atoms with Crippen LogP contribution >= 0.6 is 0 Å². The Balaban J connectivity index is 1.88. The van der Waals surface area contributed by atoms with Gasteiger partial charge in [0.2, 0.25) is 0 Å². The van der Waals surface area contributed by atoms with Crippen LogP contribution in [0.25, 0.3) is 10.8 Å². The maximum atomic E-state index is 12.5. The molecule has 24 heavy (non-hydrogen) atoms. The number of fused-ring (bicyclic) bond motifs is 1. The Labute approximate surface area is 139 Å². The largest absolute Gasteiger partial charge is 0.506 e. The van der Waals surface area contributed by atoms with Crippen molar-refractivity contribution in [3.63, 3.8) is 0 Å². The first-order valence-electron chi connectivity index (χ1n) is 7.51. The van der Waals surface area contributed by atoms with Crippen molar-refractivity contribution in [2.24, 2.45) is 0 Å². The lowest BCUT2D eigenvalue weighted by Crippen LogP contribution is -2.10. The van der Waals surface area contributed by atoms with Crippen molar-refractivity contribution in [1.82, 2.24) is 4.98 Å². The summed E-state index contributed by atoms with van der Waals surface area (Å²) in [5.74, 6) is -0.128. The number of rotatable bonds is 4. The average molecular weight is 323 g/mol. The van der Waals surface area contributed by atoms with Gasteiger partial charge >= 0.3 is 5.97 Å². The minimum Gasteiger partial charge on any atom is -0.506 e. The Morgan fingerprint density at radius 2 is 1.96 bits per heavy atom. The van der Waals surface area contributed by atoms with Gasteiger partial charge in [-0.05, 0) is 24.4 Å². The van der Waals surface area contributed by atoms with E-state index in [1.807, 2.05) is 18.2 Å². The Bertz CT molecular complexity index is 891. The van der Waals surface area contributed by atoms with Gasteiger partial charge in [0, 0.05) is 17.1 Å². The first-order chi connectivity index (χ1) is 11.6. The van der Waals surface area contributed by atoms with Crippen LogP contribution in [0.4, 0.5) is 0 Å². The molecule has 1 aromatic heterocycles. The van der Waals surface area contributed by atoms with Crippen LogP contribution < -0.4 is 4.74 Å². The third-order valence-electron chi connectivity index (χ3n) is 3.88. The fourth-order valence-corrected chi connectivity index (χ4v) is 2.60. The van der Waals surface area contributed by atoms with Crippen molar-refractivity contribution in [1.29, 1.82) is 0 Å². The Hall–Kier alpha value is -3.08. The van der Waals surface area contributed by atoms with Crippen LogP contribution in [0.5, 0.6) is 11.5 Å². The molecule has 0 spiro atoms. The number of nitrogens with zero attached hydrogens (tertiary/aromatic N) is 1. The van der Waals surface area contributed by atoms with Crippen LogP contribution in [0, 0.1) is 0 Å². The SMILES string of the molecule is COc1cnccc1[C@@H](C)OC(=O)c1ccc2ccccc2c1O. The highest BCUT2D eigenvalue weighted by atomic mass is 16.5. The predicted molar refractivity (Wildman–Crippen MR) is 90.2 cm³/mol. The number of phenolic OH excluding ortho intramolecular Hbond substituents is 1. The predicted octanol–water partition coefficient (Wildman–Crippen LogP) is 3.87. The maximum Gasteiger partial charge on any atom is 0.342 e. The van der Waals surface area contributed by atoms with Crippen LogP contribution in [0.15, 0.2) is 54.9 Å². The van der Waals surface area contributed by atoms with Gasteiger partial charge in [-0.1, -0.05) is 30.3 Å². The molecule has 1 atom stereocenters. The van der Waals surface area contributed by atoms with Gasteiger partial charge in [0.25, 0.3) is 0 Å². The van der Waals surface area contributed by atoms with Gasteiger partial charge in [0.1, 0.15) is 23.2 Å². The quantitative estimate of drug-likeness (QED) is 0.738. The normalized spacial score (nSPS) is 11.9. The van der Waals surface area contributed by atoms with Crippen molar-refractivity contribution in [2.75, 3.05) is 7.11 Å². The van der Waals surface area contributed by atoms with Gasteiger partial charge in [-0.25, -0.2) is 4.79 Å². The number of carbonyl (C=O) groups is 1. The summed E-state index contributed by atoms with van der Waals surface area (Å²) in [6.45, 7) is 1.74. The van der Waals surface area contributed by atoms with Crippen molar-refractivity contribution in [3.05, 3.63) is 66.0 Å². The number of phenols is 1. The van der Waals surface area contributed by atoms with E-state index in [-0.39, 0.29) is 11.3 Å². The molecule has 0 bridgehead atoms. The molecule has 122 valence electrons. The highest BCUT2D eigenvalue weighted by Crippen LogP contribution is 2.31. The second kappa shape index (κ2) is 6.58. The molecule has 0 aliphatic heterocycles. The Morgan fingerprint density at radius 1 is 1.17 bits per heavy atom. The third kappa shape index (κ3) is 2.88. The number of aromatic hydroxyl groups is 1. The van der Waals surface area contributed by atoms with Crippen LogP contribution in [0.3, 0.4) is 0 Å². The van der Waals surface area contributed by atoms with Gasteiger partial charge in [-0.15, -0.1) is 0 Å². The summed E-state index contributed by atoms with van der Waals surface area (Å²) >= 11 is 0. The van der Waals surface area contributed by atoms with E-state index >= 15 is 0 Å². The fourth-order valence-electron chi connectivity index (χ4n) is 2.60. The fraction of sp³-hybridized carbons (Fsp3) is 0.158. The monoisotopic (exact) mass is 323 g/mol. The van der Waals surface area contributed by atoms with E-state index in [9.17, 15) is 9.90 Å². The molecular weight excluding hydrogens is 306 g/mol. The molecule has 0 aliphatic rings. The van der Waals surface area contributed by atoms with Crippen molar-refractivity contribution >= 4 is 16.7 Å². The molecule has 5 nitrogen and oxygen atoms in total. The van der Waals surface area contributed by atoms with E-state index in [4.69, 9.17) is 9.47 Å². The number of pyridine rings is 1. The van der Waals surface area contributed by atoms with Gasteiger partial charge in [-0.2, -0.15) is 0 Å². The van der Waals surface area contributed by atoms with Crippen LogP contribution in [-0.2, 0) is 4.74 Å². The number of methoxy groups -OCH3 is 1. The molecule has 0 aliphatic carbocycles. The number of aromatic nitrogens is 1. The molecule has 0 saturated heterocycles. The van der Waals surface area contributed by atoms with E-state index in [0.29, 0.717) is 16.7 Å². The van der Waals surface area contributed by atoms with Crippen LogP contribution in [-0.4, -0.2) is 23.2 Å². The maximum absolute atomic E-state index is 12.5. The number of carbonyl (C=O) groups excluding carboxylic acids is 1. The second-order valence-electron chi connectivity index (χ2n) is 5.35. The van der Waals surface area contributed by atoms with Gasteiger partial charge in [0.05, 0.1) is 13.3 Å². The minimum atomic E-state index is -0.593. The van der Waals surface area contributed by atoms with E-state index in [1.165, 1.54) is 7.11 Å². The molecule has 0 unspecified atom stereocenters. The molecule has 0 fully saturated rings. The highest BCUT2D eigenvalue weighted by Gasteiger charge is 2.20. The van der Waals surface area contributed by atoms with Crippen LogP contribution in [0.1, 0.15) is 28.9 Å². The highest BCUT2D eigenvalue weighted by molar-refractivity contribution is 6.01. The first-order valence-corrected chi connectivity index (χ1v) is 7.51. The molecule has 0 saturated carbocycles. The first kappa shape index (κ1) is 15.8. The topological polar surface area (TPSA) is 68.7 Å². The lowest BCUT2D eigenvalue weighted by molar-refractivity contribution is 0.0330. The summed E-state index contributed by atoms with van der Waals surface area (Å²) in [6, 6.07) is 12.4. The summed E-state index contributed by atoms with van der Waals surface area (Å²) in [7, 11) is 1.53. The average Bonchev–Trinajstić information content (AvgIpc) is 2.62. The van der Waals surface area contributed by atoms with Crippen LogP contribution in [0.2, 0.25) is 0 Å². The van der Waals surface area contributed by atoms with Crippen molar-refractivity contribution in [3.8, 4) is 11.5 Å². The summed E-state index contributed by atoms with van der Waals surface area (Å²) in [6.07, 6.45) is 2.63. The van der Waals surface area contributed by atoms with Gasteiger partial charge in [-0.3, -0.25) is 4.98 Å². The number of esters is 1. The zero-order valence-electron chi connectivity index (χ0n) is 13.4. The number of ether oxygens (including phenoxy) is 2. The summed E-state index contributed by atoms with van der Waals surface area (Å²) in [4.78, 5) is 16.4. The smallest absolute Gasteiger partial charge is 0.342 e. The van der Waals surface area contributed by atoms with E-state index in [2.05, 4.69) is 4.98 Å². The molecular formula is C19H17NO4. The summed E-state index contributed by atoms with van der Waals surface area (Å²) in [5.41, 5.74) is 0.842. The minimum absolute atomic E-state index is 0.0769. The number of hydrogen-bond donors (Lipinski definition) is 1. The molecule has 3 rings (SSSR count). The van der Waals surface area contributed by atoms with Crippen molar-refractivity contribution in [2.45, 2.75) is 13.0 Å². The number of benzene rings is 2. The molecule has 0 radical (unpaired) electrons. The van der Waals surface area contributed by atoms with Gasteiger partial charge in [0.15, 0.2) is 0 Å². The lowest BCUT2D eigenvalue weighted by Gasteiger charge is -2.16. The zero-order valence-corrected chi connectivity index (χ0v) is 13.4. The van der Waals surface area contributed by atoms with Gasteiger partial charge < -0.3 is 14.6 Å². The molecule has 2 aromatic carbocycles. The summed E-state index contributed by atoms with van der Waals surface area (Å²) < 4.78 is 10.7. The number of hydrogen-bond acceptors (Lipinski definition) is 5. The van der Waals surface area contributed by atoms with E-state index in [1.54, 1.807) is 43.6 Å². The molecule has 1 heterocycles. The molecule has 0 amide bonds. The van der Waals surface area contributed by atoms with Crippen molar-refractivity contribution < 1.29 is 19.4 Å². The molecule has 1 N–H and O–H groups in total.